The zero-order chi connectivity index (χ0) is 17.7. The van der Waals surface area contributed by atoms with E-state index in [9.17, 15) is 8.42 Å². The quantitative estimate of drug-likeness (QED) is 0.689. The third-order valence-corrected chi connectivity index (χ3v) is 6.53. The van der Waals surface area contributed by atoms with Gasteiger partial charge in [0.1, 0.15) is 5.01 Å². The fourth-order valence-electron chi connectivity index (χ4n) is 2.68. The van der Waals surface area contributed by atoms with Crippen molar-refractivity contribution in [3.63, 3.8) is 0 Å². The van der Waals surface area contributed by atoms with E-state index in [1.807, 2.05) is 36.4 Å². The van der Waals surface area contributed by atoms with Crippen molar-refractivity contribution in [1.82, 2.24) is 14.9 Å². The van der Waals surface area contributed by atoms with Crippen molar-refractivity contribution in [3.05, 3.63) is 76.8 Å². The molecule has 0 spiro atoms. The second kappa shape index (κ2) is 7.86. The largest absolute Gasteiger partial charge is 0.269 e. The Kier molecular flexibility index (Phi) is 5.57. The maximum Gasteiger partial charge on any atom is 0.269 e. The van der Waals surface area contributed by atoms with Crippen LogP contribution in [-0.4, -0.2) is 25.2 Å². The summed E-state index contributed by atoms with van der Waals surface area (Å²) >= 11 is 1.07. The zero-order valence-electron chi connectivity index (χ0n) is 13.8. The van der Waals surface area contributed by atoms with E-state index in [0.717, 1.165) is 11.3 Å². The van der Waals surface area contributed by atoms with E-state index < -0.39 is 10.0 Å². The summed E-state index contributed by atoms with van der Waals surface area (Å²) in [6.45, 7) is 2.06. The second-order valence-electron chi connectivity index (χ2n) is 5.65. The lowest BCUT2D eigenvalue weighted by Gasteiger charge is -2.18. The van der Waals surface area contributed by atoms with E-state index in [0.29, 0.717) is 18.0 Å². The molecule has 0 amide bonds. The first-order valence-electron chi connectivity index (χ1n) is 7.96. The van der Waals surface area contributed by atoms with E-state index in [4.69, 9.17) is 0 Å². The van der Waals surface area contributed by atoms with Gasteiger partial charge in [-0.25, -0.2) is 13.1 Å². The van der Waals surface area contributed by atoms with Crippen molar-refractivity contribution in [3.8, 4) is 0 Å². The third-order valence-electron chi connectivity index (χ3n) is 3.87. The van der Waals surface area contributed by atoms with Gasteiger partial charge in [-0.15, -0.1) is 10.2 Å². The molecule has 0 aliphatic carbocycles. The van der Waals surface area contributed by atoms with E-state index >= 15 is 0 Å². The van der Waals surface area contributed by atoms with Gasteiger partial charge >= 0.3 is 0 Å². The van der Waals surface area contributed by atoms with Gasteiger partial charge in [0.15, 0.2) is 0 Å². The highest BCUT2D eigenvalue weighted by Crippen LogP contribution is 2.27. The Morgan fingerprint density at radius 3 is 2.00 bits per heavy atom. The van der Waals surface area contributed by atoms with E-state index in [2.05, 4.69) is 39.2 Å². The van der Waals surface area contributed by atoms with Crippen molar-refractivity contribution < 1.29 is 8.42 Å². The summed E-state index contributed by atoms with van der Waals surface area (Å²) in [5.74, 6) is 0.126. The number of hydrogen-bond donors (Lipinski definition) is 1. The highest BCUT2D eigenvalue weighted by Gasteiger charge is 2.20. The van der Waals surface area contributed by atoms with Crippen molar-refractivity contribution in [1.29, 1.82) is 0 Å². The molecule has 1 heterocycles. The molecule has 0 bridgehead atoms. The molecule has 3 aromatic rings. The Hall–Kier alpha value is -2.09. The van der Waals surface area contributed by atoms with Crippen molar-refractivity contribution in [2.45, 2.75) is 23.6 Å². The Morgan fingerprint density at radius 1 is 0.960 bits per heavy atom. The molecular weight excluding hydrogens is 354 g/mol. The number of nitrogens with one attached hydrogen (secondary N) is 1. The average molecular weight is 374 g/mol. The lowest BCUT2D eigenvalue weighted by molar-refractivity contribution is 0.573. The molecule has 0 saturated carbocycles. The van der Waals surface area contributed by atoms with Gasteiger partial charge in [-0.05, 0) is 24.5 Å². The minimum Gasteiger partial charge on any atom is -0.209 e. The van der Waals surface area contributed by atoms with Gasteiger partial charge < -0.3 is 0 Å². The van der Waals surface area contributed by atoms with Crippen LogP contribution in [0, 0.1) is 6.92 Å². The van der Waals surface area contributed by atoms with Crippen molar-refractivity contribution in [2.75, 3.05) is 6.54 Å². The number of aromatic nitrogens is 2. The summed E-state index contributed by atoms with van der Waals surface area (Å²) in [5.41, 5.74) is 2.33. The molecule has 1 aromatic heterocycles. The normalized spacial score (nSPS) is 11.8. The Labute approximate surface area is 151 Å². The minimum atomic E-state index is -3.60. The summed E-state index contributed by atoms with van der Waals surface area (Å²) in [6.07, 6.45) is 0.658. The van der Waals surface area contributed by atoms with Crippen LogP contribution in [0.2, 0.25) is 0 Å². The molecule has 0 unspecified atom stereocenters. The molecule has 0 fully saturated rings. The third kappa shape index (κ3) is 4.50. The van der Waals surface area contributed by atoms with Gasteiger partial charge in [0.05, 0.1) is 0 Å². The molecule has 0 aliphatic rings. The van der Waals surface area contributed by atoms with E-state index in [-0.39, 0.29) is 10.3 Å². The first kappa shape index (κ1) is 17.7. The Morgan fingerprint density at radius 2 is 1.52 bits per heavy atom. The van der Waals surface area contributed by atoms with Crippen LogP contribution in [0.3, 0.4) is 0 Å². The molecule has 1 N–H and O–H groups in total. The maximum absolute atomic E-state index is 12.3. The van der Waals surface area contributed by atoms with Crippen LogP contribution in [0.5, 0.6) is 0 Å². The molecule has 0 atom stereocenters. The number of benzene rings is 2. The maximum atomic E-state index is 12.3. The standard InChI is InChI=1S/C18H19N3O2S2/c1-14-20-21-18(24-14)25(22,23)19-13-12-17(15-8-4-2-5-9-15)16-10-6-3-7-11-16/h2-11,17,19H,12-13H2,1H3. The number of hydrogen-bond acceptors (Lipinski definition) is 5. The van der Waals surface area contributed by atoms with Gasteiger partial charge in [0, 0.05) is 12.5 Å². The van der Waals surface area contributed by atoms with Crippen LogP contribution in [0.1, 0.15) is 28.5 Å². The summed E-state index contributed by atoms with van der Waals surface area (Å²) in [6, 6.07) is 20.2. The van der Waals surface area contributed by atoms with Crippen LogP contribution in [0.4, 0.5) is 0 Å². The molecule has 25 heavy (non-hydrogen) atoms. The Bertz CT molecular complexity index is 870. The average Bonchev–Trinajstić information content (AvgIpc) is 3.08. The highest BCUT2D eigenvalue weighted by molar-refractivity contribution is 7.91. The predicted molar refractivity (Wildman–Crippen MR) is 99.2 cm³/mol. The smallest absolute Gasteiger partial charge is 0.209 e. The summed E-state index contributed by atoms with van der Waals surface area (Å²) in [4.78, 5) is 0. The number of rotatable bonds is 7. The number of sulfonamides is 1. The topological polar surface area (TPSA) is 72.0 Å². The molecule has 0 radical (unpaired) electrons. The van der Waals surface area contributed by atoms with Crippen molar-refractivity contribution in [2.24, 2.45) is 0 Å². The summed E-state index contributed by atoms with van der Waals surface area (Å²) in [7, 11) is -3.60. The van der Waals surface area contributed by atoms with Gasteiger partial charge in [-0.3, -0.25) is 0 Å². The molecule has 7 heteroatoms. The van der Waals surface area contributed by atoms with Crippen LogP contribution in [0.15, 0.2) is 65.0 Å². The minimum absolute atomic E-state index is 0.0148. The monoisotopic (exact) mass is 373 g/mol. The fourth-order valence-corrected chi connectivity index (χ4v) is 4.73. The van der Waals surface area contributed by atoms with Gasteiger partial charge in [0.2, 0.25) is 4.34 Å². The lowest BCUT2D eigenvalue weighted by atomic mass is 9.89. The van der Waals surface area contributed by atoms with E-state index in [1.165, 1.54) is 11.1 Å². The predicted octanol–water partition coefficient (Wildman–Crippen LogP) is 3.35. The number of aryl methyl sites for hydroxylation is 1. The SMILES string of the molecule is Cc1nnc(S(=O)(=O)NCCC(c2ccccc2)c2ccccc2)s1. The molecule has 130 valence electrons. The number of nitrogens with zero attached hydrogens (tertiary/aromatic N) is 2. The van der Waals surface area contributed by atoms with Gasteiger partial charge in [-0.1, -0.05) is 72.0 Å². The zero-order valence-corrected chi connectivity index (χ0v) is 15.4. The fraction of sp³-hybridized carbons (Fsp3) is 0.222. The summed E-state index contributed by atoms with van der Waals surface area (Å²) < 4.78 is 27.2. The highest BCUT2D eigenvalue weighted by atomic mass is 32.2. The molecule has 5 nitrogen and oxygen atoms in total. The van der Waals surface area contributed by atoms with Crippen LogP contribution in [0.25, 0.3) is 0 Å². The molecule has 3 rings (SSSR count). The molecular formula is C18H19N3O2S2. The lowest BCUT2D eigenvalue weighted by Crippen LogP contribution is -2.26. The first-order chi connectivity index (χ1) is 12.1. The van der Waals surface area contributed by atoms with E-state index in [1.54, 1.807) is 6.92 Å². The molecule has 0 aliphatic heterocycles. The van der Waals surface area contributed by atoms with Crippen LogP contribution < -0.4 is 4.72 Å². The Balaban J connectivity index is 1.74. The van der Waals surface area contributed by atoms with Crippen LogP contribution in [-0.2, 0) is 10.0 Å². The molecule has 0 saturated heterocycles. The van der Waals surface area contributed by atoms with Gasteiger partial charge in [-0.2, -0.15) is 0 Å². The first-order valence-corrected chi connectivity index (χ1v) is 10.3. The second-order valence-corrected chi connectivity index (χ2v) is 8.77. The summed E-state index contributed by atoms with van der Waals surface area (Å²) in [5, 5.41) is 8.12. The molecule has 2 aromatic carbocycles. The van der Waals surface area contributed by atoms with Crippen LogP contribution >= 0.6 is 11.3 Å². The van der Waals surface area contributed by atoms with Crippen molar-refractivity contribution >= 4 is 21.4 Å². The van der Waals surface area contributed by atoms with Gasteiger partial charge in [0.25, 0.3) is 10.0 Å².